The van der Waals surface area contributed by atoms with Gasteiger partial charge in [-0.2, -0.15) is 4.98 Å². The molecular formula is C16H18N6O2S. The Morgan fingerprint density at radius 3 is 2.72 bits per heavy atom. The molecule has 0 aliphatic carbocycles. The smallest absolute Gasteiger partial charge is 0.280 e. The van der Waals surface area contributed by atoms with Gasteiger partial charge in [-0.05, 0) is 38.8 Å². The van der Waals surface area contributed by atoms with Gasteiger partial charge in [-0.3, -0.25) is 4.79 Å². The summed E-state index contributed by atoms with van der Waals surface area (Å²) in [4.78, 5) is 20.6. The second-order valence-corrected chi connectivity index (χ2v) is 7.45. The fourth-order valence-electron chi connectivity index (χ4n) is 2.99. The van der Waals surface area contributed by atoms with Gasteiger partial charge in [-0.25, -0.2) is 4.68 Å². The molecule has 0 spiro atoms. The number of thiophene rings is 1. The Hall–Kier alpha value is -2.55. The average Bonchev–Trinajstić information content (AvgIpc) is 3.35. The van der Waals surface area contributed by atoms with E-state index in [4.69, 9.17) is 4.52 Å². The first-order valence-electron chi connectivity index (χ1n) is 8.18. The summed E-state index contributed by atoms with van der Waals surface area (Å²) in [5, 5.41) is 12.1. The van der Waals surface area contributed by atoms with Gasteiger partial charge in [-0.15, -0.1) is 16.4 Å². The summed E-state index contributed by atoms with van der Waals surface area (Å²) in [6.07, 6.45) is 3.53. The molecule has 3 aromatic rings. The molecule has 130 valence electrons. The van der Waals surface area contributed by atoms with Crippen molar-refractivity contribution in [2.45, 2.75) is 32.7 Å². The Balaban J connectivity index is 1.40. The van der Waals surface area contributed by atoms with E-state index < -0.39 is 0 Å². The van der Waals surface area contributed by atoms with Crippen molar-refractivity contribution in [2.24, 2.45) is 0 Å². The first-order chi connectivity index (χ1) is 12.1. The van der Waals surface area contributed by atoms with Crippen LogP contribution in [0.4, 0.5) is 0 Å². The highest BCUT2D eigenvalue weighted by molar-refractivity contribution is 7.13. The summed E-state index contributed by atoms with van der Waals surface area (Å²) < 4.78 is 6.96. The second-order valence-electron chi connectivity index (χ2n) is 6.16. The highest BCUT2D eigenvalue weighted by Gasteiger charge is 2.26. The summed E-state index contributed by atoms with van der Waals surface area (Å²) in [5.74, 6) is 1.07. The SMILES string of the molecule is Cc1noc(-c2cn(C3CCN(C(=O)c4ccc(C)s4)CC3)nn2)n1. The van der Waals surface area contributed by atoms with Crippen LogP contribution in [0.15, 0.2) is 22.9 Å². The molecule has 1 fully saturated rings. The summed E-state index contributed by atoms with van der Waals surface area (Å²) in [5.41, 5.74) is 0.577. The normalized spacial score (nSPS) is 15.7. The Morgan fingerprint density at radius 1 is 1.28 bits per heavy atom. The van der Waals surface area contributed by atoms with E-state index in [-0.39, 0.29) is 11.9 Å². The van der Waals surface area contributed by atoms with Crippen molar-refractivity contribution in [3.63, 3.8) is 0 Å². The van der Waals surface area contributed by atoms with Crippen molar-refractivity contribution in [1.29, 1.82) is 0 Å². The van der Waals surface area contributed by atoms with Crippen LogP contribution in [0.1, 0.15) is 39.3 Å². The van der Waals surface area contributed by atoms with Crippen LogP contribution < -0.4 is 0 Å². The third kappa shape index (κ3) is 3.19. The zero-order valence-electron chi connectivity index (χ0n) is 14.0. The lowest BCUT2D eigenvalue weighted by atomic mass is 10.1. The largest absolute Gasteiger partial charge is 0.338 e. The summed E-state index contributed by atoms with van der Waals surface area (Å²) >= 11 is 1.55. The third-order valence-electron chi connectivity index (χ3n) is 4.33. The Kier molecular flexibility index (Phi) is 4.08. The first kappa shape index (κ1) is 15.9. The number of hydrogen-bond donors (Lipinski definition) is 0. The fraction of sp³-hybridized carbons (Fsp3) is 0.438. The molecule has 1 aliphatic rings. The van der Waals surface area contributed by atoms with Crippen LogP contribution in [0.2, 0.25) is 0 Å². The van der Waals surface area contributed by atoms with E-state index in [1.807, 2.05) is 34.8 Å². The number of carbonyl (C=O) groups is 1. The van der Waals surface area contributed by atoms with Gasteiger partial charge in [-0.1, -0.05) is 10.4 Å². The maximum atomic E-state index is 12.5. The van der Waals surface area contributed by atoms with Crippen LogP contribution in [-0.4, -0.2) is 49.0 Å². The summed E-state index contributed by atoms with van der Waals surface area (Å²) in [6, 6.07) is 4.12. The summed E-state index contributed by atoms with van der Waals surface area (Å²) in [6.45, 7) is 5.21. The van der Waals surface area contributed by atoms with Crippen LogP contribution in [-0.2, 0) is 0 Å². The van der Waals surface area contributed by atoms with Crippen molar-refractivity contribution in [1.82, 2.24) is 30.0 Å². The lowest BCUT2D eigenvalue weighted by Gasteiger charge is -2.31. The quantitative estimate of drug-likeness (QED) is 0.714. The third-order valence-corrected chi connectivity index (χ3v) is 5.32. The minimum atomic E-state index is 0.122. The van der Waals surface area contributed by atoms with E-state index in [0.29, 0.717) is 17.4 Å². The van der Waals surface area contributed by atoms with E-state index >= 15 is 0 Å². The molecule has 4 rings (SSSR count). The van der Waals surface area contributed by atoms with Crippen molar-refractivity contribution < 1.29 is 9.32 Å². The molecule has 0 atom stereocenters. The maximum absolute atomic E-state index is 12.5. The van der Waals surface area contributed by atoms with Gasteiger partial charge in [0.15, 0.2) is 11.5 Å². The van der Waals surface area contributed by atoms with Crippen molar-refractivity contribution in [3.8, 4) is 11.6 Å². The van der Waals surface area contributed by atoms with Crippen molar-refractivity contribution in [3.05, 3.63) is 33.9 Å². The standard InChI is InChI=1S/C16H18N6O2S/c1-10-3-4-14(25-10)16(23)21-7-5-12(6-8-21)22-9-13(18-20-22)15-17-11(2)19-24-15/h3-4,9,12H,5-8H2,1-2H3. The fourth-order valence-corrected chi connectivity index (χ4v) is 3.83. The highest BCUT2D eigenvalue weighted by atomic mass is 32.1. The van der Waals surface area contributed by atoms with Crippen LogP contribution in [0.5, 0.6) is 0 Å². The van der Waals surface area contributed by atoms with E-state index in [1.165, 1.54) is 0 Å². The van der Waals surface area contributed by atoms with E-state index in [1.54, 1.807) is 18.3 Å². The monoisotopic (exact) mass is 358 g/mol. The molecule has 3 aromatic heterocycles. The van der Waals surface area contributed by atoms with Crippen LogP contribution in [0, 0.1) is 13.8 Å². The van der Waals surface area contributed by atoms with Gasteiger partial charge in [0.05, 0.1) is 17.1 Å². The minimum absolute atomic E-state index is 0.122. The Morgan fingerprint density at radius 2 is 2.08 bits per heavy atom. The number of amides is 1. The predicted octanol–water partition coefficient (Wildman–Crippen LogP) is 2.48. The molecule has 9 heteroatoms. The number of aromatic nitrogens is 5. The molecule has 25 heavy (non-hydrogen) atoms. The number of likely N-dealkylation sites (tertiary alicyclic amines) is 1. The zero-order valence-corrected chi connectivity index (χ0v) is 14.9. The van der Waals surface area contributed by atoms with Crippen LogP contribution in [0.25, 0.3) is 11.6 Å². The first-order valence-corrected chi connectivity index (χ1v) is 9.00. The number of piperidine rings is 1. The van der Waals surface area contributed by atoms with E-state index in [0.717, 1.165) is 35.7 Å². The van der Waals surface area contributed by atoms with Gasteiger partial charge in [0, 0.05) is 18.0 Å². The molecule has 1 aliphatic heterocycles. The number of carbonyl (C=O) groups excluding carboxylic acids is 1. The average molecular weight is 358 g/mol. The van der Waals surface area contributed by atoms with Gasteiger partial charge in [0.2, 0.25) is 0 Å². The van der Waals surface area contributed by atoms with Crippen LogP contribution in [0.3, 0.4) is 0 Å². The second kappa shape index (κ2) is 6.40. The maximum Gasteiger partial charge on any atom is 0.280 e. The van der Waals surface area contributed by atoms with Crippen LogP contribution >= 0.6 is 11.3 Å². The van der Waals surface area contributed by atoms with E-state index in [9.17, 15) is 4.79 Å². The predicted molar refractivity (Wildman–Crippen MR) is 91.3 cm³/mol. The topological polar surface area (TPSA) is 89.9 Å². The molecule has 1 amide bonds. The Labute approximate surface area is 148 Å². The molecule has 0 unspecified atom stereocenters. The zero-order chi connectivity index (χ0) is 17.4. The lowest BCUT2D eigenvalue weighted by molar-refractivity contribution is 0.0694. The van der Waals surface area contributed by atoms with Gasteiger partial charge >= 0.3 is 0 Å². The number of aryl methyl sites for hydroxylation is 2. The minimum Gasteiger partial charge on any atom is -0.338 e. The number of nitrogens with zero attached hydrogens (tertiary/aromatic N) is 6. The number of rotatable bonds is 3. The highest BCUT2D eigenvalue weighted by Crippen LogP contribution is 2.26. The molecule has 0 aromatic carbocycles. The molecular weight excluding hydrogens is 340 g/mol. The molecule has 1 saturated heterocycles. The van der Waals surface area contributed by atoms with Gasteiger partial charge < -0.3 is 9.42 Å². The lowest BCUT2D eigenvalue weighted by Crippen LogP contribution is -2.38. The van der Waals surface area contributed by atoms with Gasteiger partial charge in [0.1, 0.15) is 0 Å². The van der Waals surface area contributed by atoms with Crippen molar-refractivity contribution in [2.75, 3.05) is 13.1 Å². The number of hydrogen-bond acceptors (Lipinski definition) is 7. The molecule has 0 N–H and O–H groups in total. The Bertz CT molecular complexity index is 890. The molecule has 0 radical (unpaired) electrons. The molecule has 4 heterocycles. The van der Waals surface area contributed by atoms with Crippen molar-refractivity contribution >= 4 is 17.2 Å². The molecule has 0 bridgehead atoms. The summed E-state index contributed by atoms with van der Waals surface area (Å²) in [7, 11) is 0. The van der Waals surface area contributed by atoms with E-state index in [2.05, 4.69) is 20.5 Å². The molecule has 8 nitrogen and oxygen atoms in total. The molecule has 0 saturated carbocycles. The van der Waals surface area contributed by atoms with Gasteiger partial charge in [0.25, 0.3) is 11.8 Å².